The molecule has 10 heteroatoms. The molecule has 0 unspecified atom stereocenters. The monoisotopic (exact) mass is 446 g/mol. The van der Waals surface area contributed by atoms with E-state index in [9.17, 15) is 13.2 Å². The summed E-state index contributed by atoms with van der Waals surface area (Å²) in [4.78, 5) is 15.9. The van der Waals surface area contributed by atoms with Crippen molar-refractivity contribution in [1.82, 2.24) is 19.5 Å². The minimum Gasteiger partial charge on any atom is -0.465 e. The molecule has 0 aliphatic heterocycles. The summed E-state index contributed by atoms with van der Waals surface area (Å²) in [5, 5.41) is 6.26. The average Bonchev–Trinajstić information content (AvgIpc) is 3.52. The Bertz CT molecular complexity index is 1130. The fourth-order valence-electron chi connectivity index (χ4n) is 3.69. The molecule has 0 amide bonds. The predicted molar refractivity (Wildman–Crippen MR) is 113 cm³/mol. The lowest BCUT2D eigenvalue weighted by Gasteiger charge is -2.14. The second-order valence-corrected chi connectivity index (χ2v) is 9.72. The molecule has 3 heterocycles. The smallest absolute Gasteiger partial charge is 0.349 e. The van der Waals surface area contributed by atoms with Gasteiger partial charge in [-0.05, 0) is 42.5 Å². The molecule has 3 aromatic heterocycles. The highest BCUT2D eigenvalue weighted by Gasteiger charge is 2.26. The van der Waals surface area contributed by atoms with Gasteiger partial charge < -0.3 is 4.74 Å². The number of carbonyl (C=O) groups excluding carboxylic acids is 1. The Morgan fingerprint density at radius 2 is 2.00 bits per heavy atom. The third kappa shape index (κ3) is 4.16. The number of hydrogen-bond donors (Lipinski definition) is 1. The zero-order chi connectivity index (χ0) is 21.1. The summed E-state index contributed by atoms with van der Waals surface area (Å²) in [7, 11) is -2.66. The maximum atomic E-state index is 12.8. The quantitative estimate of drug-likeness (QED) is 0.558. The molecule has 1 saturated carbocycles. The maximum Gasteiger partial charge on any atom is 0.349 e. The van der Waals surface area contributed by atoms with Gasteiger partial charge in [0.25, 0.3) is 0 Å². The highest BCUT2D eigenvalue weighted by atomic mass is 32.2. The van der Waals surface area contributed by atoms with Crippen LogP contribution in [0.5, 0.6) is 0 Å². The fraction of sp³-hybridized carbons (Fsp3) is 0.350. The number of hydrogen-bond acceptors (Lipinski definition) is 7. The lowest BCUT2D eigenvalue weighted by molar-refractivity contribution is 0.0602. The first kappa shape index (κ1) is 20.7. The molecular weight excluding hydrogens is 424 g/mol. The van der Waals surface area contributed by atoms with Crippen LogP contribution < -0.4 is 4.72 Å². The molecular formula is C20H22N4O4S2. The van der Waals surface area contributed by atoms with Crippen molar-refractivity contribution in [3.05, 3.63) is 52.6 Å². The molecule has 4 rings (SSSR count). The molecule has 0 atom stereocenters. The Hall–Kier alpha value is -2.56. The SMILES string of the molecule is COC(=O)c1sccc1S(=O)(=O)NCc1cc(-c2ccncc2)n(C2CCCC2)n1. The largest absolute Gasteiger partial charge is 0.465 e. The summed E-state index contributed by atoms with van der Waals surface area (Å²) in [5.41, 5.74) is 2.56. The van der Waals surface area contributed by atoms with E-state index in [1.54, 1.807) is 17.8 Å². The lowest BCUT2D eigenvalue weighted by Crippen LogP contribution is -2.24. The average molecular weight is 447 g/mol. The summed E-state index contributed by atoms with van der Waals surface area (Å²) in [6.45, 7) is 0.0244. The van der Waals surface area contributed by atoms with Crippen LogP contribution in [0.3, 0.4) is 0 Å². The van der Waals surface area contributed by atoms with Crippen LogP contribution in [0.4, 0.5) is 0 Å². The number of sulfonamides is 1. The van der Waals surface area contributed by atoms with Crippen LogP contribution in [0.25, 0.3) is 11.3 Å². The van der Waals surface area contributed by atoms with Gasteiger partial charge in [-0.15, -0.1) is 11.3 Å². The minimum atomic E-state index is -3.89. The fourth-order valence-corrected chi connectivity index (χ4v) is 6.03. The lowest BCUT2D eigenvalue weighted by atomic mass is 10.1. The molecule has 0 aromatic carbocycles. The van der Waals surface area contributed by atoms with Crippen LogP contribution in [0.1, 0.15) is 47.1 Å². The molecule has 0 saturated heterocycles. The van der Waals surface area contributed by atoms with Crippen molar-refractivity contribution in [2.45, 2.75) is 43.2 Å². The normalized spacial score (nSPS) is 14.8. The highest BCUT2D eigenvalue weighted by Crippen LogP contribution is 2.33. The van der Waals surface area contributed by atoms with Crippen molar-refractivity contribution in [1.29, 1.82) is 0 Å². The Labute approximate surface area is 179 Å². The van der Waals surface area contributed by atoms with E-state index in [4.69, 9.17) is 5.10 Å². The van der Waals surface area contributed by atoms with E-state index in [2.05, 4.69) is 14.4 Å². The third-order valence-corrected chi connectivity index (χ3v) is 7.63. The van der Waals surface area contributed by atoms with Gasteiger partial charge in [0, 0.05) is 18.0 Å². The Morgan fingerprint density at radius 1 is 1.27 bits per heavy atom. The van der Waals surface area contributed by atoms with Gasteiger partial charge in [-0.2, -0.15) is 5.10 Å². The first-order valence-corrected chi connectivity index (χ1v) is 12.0. The Morgan fingerprint density at radius 3 is 2.70 bits per heavy atom. The van der Waals surface area contributed by atoms with Crippen molar-refractivity contribution in [2.24, 2.45) is 0 Å². The molecule has 1 N–H and O–H groups in total. The summed E-state index contributed by atoms with van der Waals surface area (Å²) in [5.74, 6) is -0.671. The molecule has 30 heavy (non-hydrogen) atoms. The molecule has 1 aliphatic carbocycles. The van der Waals surface area contributed by atoms with Gasteiger partial charge in [-0.3, -0.25) is 9.67 Å². The van der Waals surface area contributed by atoms with Crippen LogP contribution in [0.2, 0.25) is 0 Å². The van der Waals surface area contributed by atoms with Gasteiger partial charge in [0.2, 0.25) is 10.0 Å². The van der Waals surface area contributed by atoms with Gasteiger partial charge in [0.1, 0.15) is 9.77 Å². The summed E-state index contributed by atoms with van der Waals surface area (Å²) in [6, 6.07) is 7.46. The van der Waals surface area contributed by atoms with Crippen LogP contribution in [-0.2, 0) is 21.3 Å². The summed E-state index contributed by atoms with van der Waals surface area (Å²) in [6.07, 6.45) is 7.90. The number of rotatable bonds is 7. The second-order valence-electron chi connectivity index (χ2n) is 7.07. The van der Waals surface area contributed by atoms with Crippen LogP contribution >= 0.6 is 11.3 Å². The minimum absolute atomic E-state index is 0.0244. The van der Waals surface area contributed by atoms with Crippen LogP contribution in [0.15, 0.2) is 46.9 Å². The molecule has 158 valence electrons. The zero-order valence-corrected chi connectivity index (χ0v) is 18.1. The van der Waals surface area contributed by atoms with E-state index < -0.39 is 16.0 Å². The Kier molecular flexibility index (Phi) is 5.98. The highest BCUT2D eigenvalue weighted by molar-refractivity contribution is 7.89. The van der Waals surface area contributed by atoms with Gasteiger partial charge in [-0.1, -0.05) is 12.8 Å². The number of aromatic nitrogens is 3. The summed E-state index contributed by atoms with van der Waals surface area (Å²) >= 11 is 1.03. The van der Waals surface area contributed by atoms with Gasteiger partial charge in [0.15, 0.2) is 0 Å². The number of carbonyl (C=O) groups is 1. The standard InChI is InChI=1S/C20H22N4O4S2/c1-28-20(25)19-18(8-11-29-19)30(26,27)22-13-15-12-17(14-6-9-21-10-7-14)24(23-15)16-4-2-3-5-16/h6-12,16,22H,2-5,13H2,1H3. The van der Waals surface area contributed by atoms with Crippen molar-refractivity contribution < 1.29 is 17.9 Å². The van der Waals surface area contributed by atoms with Crippen molar-refractivity contribution in [2.75, 3.05) is 7.11 Å². The van der Waals surface area contributed by atoms with Gasteiger partial charge in [-0.25, -0.2) is 17.9 Å². The molecule has 3 aromatic rings. The van der Waals surface area contributed by atoms with E-state index in [0.717, 1.165) is 48.3 Å². The molecule has 1 aliphatic rings. The Balaban J connectivity index is 1.59. The molecule has 0 bridgehead atoms. The maximum absolute atomic E-state index is 12.8. The molecule has 8 nitrogen and oxygen atoms in total. The van der Waals surface area contributed by atoms with Crippen LogP contribution in [-0.4, -0.2) is 36.3 Å². The first-order chi connectivity index (χ1) is 14.5. The number of pyridine rings is 1. The van der Waals surface area contributed by atoms with E-state index in [0.29, 0.717) is 11.7 Å². The second kappa shape index (κ2) is 8.66. The zero-order valence-electron chi connectivity index (χ0n) is 16.4. The number of ether oxygens (including phenoxy) is 1. The van der Waals surface area contributed by atoms with Crippen molar-refractivity contribution in [3.8, 4) is 11.3 Å². The number of esters is 1. The summed E-state index contributed by atoms with van der Waals surface area (Å²) < 4.78 is 34.8. The number of nitrogens with one attached hydrogen (secondary N) is 1. The van der Waals surface area contributed by atoms with Crippen LogP contribution in [0, 0.1) is 0 Å². The topological polar surface area (TPSA) is 103 Å². The van der Waals surface area contributed by atoms with Crippen molar-refractivity contribution >= 4 is 27.3 Å². The van der Waals surface area contributed by atoms with Gasteiger partial charge in [0.05, 0.1) is 31.1 Å². The predicted octanol–water partition coefficient (Wildman–Crippen LogP) is 3.39. The molecule has 1 fully saturated rings. The third-order valence-electron chi connectivity index (χ3n) is 5.17. The van der Waals surface area contributed by atoms with E-state index in [1.807, 2.05) is 22.9 Å². The van der Waals surface area contributed by atoms with Gasteiger partial charge >= 0.3 is 5.97 Å². The number of thiophene rings is 1. The van der Waals surface area contributed by atoms with E-state index in [1.165, 1.54) is 13.2 Å². The van der Waals surface area contributed by atoms with E-state index in [-0.39, 0.29) is 16.3 Å². The number of methoxy groups -OCH3 is 1. The molecule has 0 spiro atoms. The van der Waals surface area contributed by atoms with Crippen molar-refractivity contribution in [3.63, 3.8) is 0 Å². The number of nitrogens with zero attached hydrogens (tertiary/aromatic N) is 3. The van der Waals surface area contributed by atoms with E-state index >= 15 is 0 Å². The first-order valence-electron chi connectivity index (χ1n) is 9.64. The molecule has 0 radical (unpaired) electrons.